The number of pyridine rings is 1. The maximum atomic E-state index is 13.1. The van der Waals surface area contributed by atoms with Crippen molar-refractivity contribution in [3.63, 3.8) is 0 Å². The lowest BCUT2D eigenvalue weighted by atomic mass is 9.67. The first-order chi connectivity index (χ1) is 14.3. The number of aliphatic hydroxyl groups is 1. The Morgan fingerprint density at radius 3 is 2.70 bits per heavy atom. The standard InChI is InChI=1S/C21H20F3N3O3/c22-21(23,24)13-5-12(8-26-9-13)11-1-3-17-15(6-11)20(10-29-19(25)27-20)16-7-14(28)2-4-18(16)30-17/h1,3,5-6,8-9,14,16,18,28H,2,4,7,10H2,(H2,25,27)/t14-,16-,18?,20?/m0/s1. The Kier molecular flexibility index (Phi) is 4.22. The van der Waals surface area contributed by atoms with Crippen LogP contribution in [0.3, 0.4) is 0 Å². The molecule has 1 aromatic carbocycles. The molecule has 30 heavy (non-hydrogen) atoms. The van der Waals surface area contributed by atoms with Crippen molar-refractivity contribution in [3.05, 3.63) is 47.8 Å². The minimum atomic E-state index is -4.48. The molecule has 1 saturated carbocycles. The molecule has 1 spiro atoms. The summed E-state index contributed by atoms with van der Waals surface area (Å²) in [5.41, 5.74) is 5.81. The van der Waals surface area contributed by atoms with Gasteiger partial charge >= 0.3 is 6.18 Å². The van der Waals surface area contributed by atoms with Gasteiger partial charge in [0, 0.05) is 29.4 Å². The molecule has 2 unspecified atom stereocenters. The topological polar surface area (TPSA) is 90.0 Å². The third-order valence-electron chi connectivity index (χ3n) is 6.25. The molecule has 0 saturated heterocycles. The summed E-state index contributed by atoms with van der Waals surface area (Å²) in [5.74, 6) is 0.461. The molecule has 3 N–H and O–H groups in total. The first kappa shape index (κ1) is 19.2. The van der Waals surface area contributed by atoms with E-state index in [1.807, 2.05) is 0 Å². The number of aliphatic imine (C=N–C) groups is 1. The van der Waals surface area contributed by atoms with Gasteiger partial charge in [0.2, 0.25) is 0 Å². The van der Waals surface area contributed by atoms with E-state index < -0.39 is 23.4 Å². The van der Waals surface area contributed by atoms with Crippen LogP contribution in [-0.2, 0) is 16.5 Å². The fraction of sp³-hybridized carbons (Fsp3) is 0.429. The van der Waals surface area contributed by atoms with Crippen molar-refractivity contribution in [1.82, 2.24) is 4.98 Å². The molecule has 1 aliphatic carbocycles. The third-order valence-corrected chi connectivity index (χ3v) is 6.25. The van der Waals surface area contributed by atoms with Crippen LogP contribution in [0.5, 0.6) is 5.75 Å². The summed E-state index contributed by atoms with van der Waals surface area (Å²) in [6.07, 6.45) is -1.09. The number of hydrogen-bond donors (Lipinski definition) is 2. The summed E-state index contributed by atoms with van der Waals surface area (Å²) in [4.78, 5) is 8.38. The van der Waals surface area contributed by atoms with E-state index in [0.29, 0.717) is 41.7 Å². The third kappa shape index (κ3) is 2.99. The highest BCUT2D eigenvalue weighted by Gasteiger charge is 2.55. The summed E-state index contributed by atoms with van der Waals surface area (Å²) >= 11 is 0. The molecule has 9 heteroatoms. The van der Waals surface area contributed by atoms with Crippen molar-refractivity contribution in [2.75, 3.05) is 6.61 Å². The van der Waals surface area contributed by atoms with Gasteiger partial charge in [0.25, 0.3) is 6.02 Å². The molecule has 0 radical (unpaired) electrons. The molecule has 4 atom stereocenters. The van der Waals surface area contributed by atoms with E-state index in [-0.39, 0.29) is 24.7 Å². The number of nitrogens with two attached hydrogens (primary N) is 1. The van der Waals surface area contributed by atoms with E-state index in [1.165, 1.54) is 6.20 Å². The number of ether oxygens (including phenoxy) is 2. The van der Waals surface area contributed by atoms with Crippen molar-refractivity contribution in [2.24, 2.45) is 16.6 Å². The predicted molar refractivity (Wildman–Crippen MR) is 102 cm³/mol. The summed E-state index contributed by atoms with van der Waals surface area (Å²) in [5, 5.41) is 10.3. The van der Waals surface area contributed by atoms with E-state index in [4.69, 9.17) is 15.2 Å². The number of aromatic nitrogens is 1. The van der Waals surface area contributed by atoms with E-state index in [1.54, 1.807) is 18.2 Å². The molecule has 2 aliphatic heterocycles. The lowest BCUT2D eigenvalue weighted by molar-refractivity contribution is -0.137. The molecule has 158 valence electrons. The van der Waals surface area contributed by atoms with Crippen molar-refractivity contribution < 1.29 is 27.8 Å². The maximum absolute atomic E-state index is 13.1. The number of amidine groups is 1. The first-order valence-corrected chi connectivity index (χ1v) is 9.76. The van der Waals surface area contributed by atoms with E-state index >= 15 is 0 Å². The Bertz CT molecular complexity index is 1030. The van der Waals surface area contributed by atoms with Crippen LogP contribution in [0.25, 0.3) is 11.1 Å². The number of rotatable bonds is 1. The predicted octanol–water partition coefficient (Wildman–Crippen LogP) is 3.23. The molecule has 2 aromatic rings. The fourth-order valence-electron chi connectivity index (χ4n) is 4.80. The van der Waals surface area contributed by atoms with Crippen molar-refractivity contribution in [3.8, 4) is 16.9 Å². The zero-order valence-corrected chi connectivity index (χ0v) is 15.9. The van der Waals surface area contributed by atoms with Crippen LogP contribution in [0, 0.1) is 5.92 Å². The van der Waals surface area contributed by atoms with Gasteiger partial charge in [-0.3, -0.25) is 4.98 Å². The van der Waals surface area contributed by atoms with Gasteiger partial charge in [0.15, 0.2) is 0 Å². The Morgan fingerprint density at radius 2 is 1.97 bits per heavy atom. The van der Waals surface area contributed by atoms with Gasteiger partial charge in [-0.25, -0.2) is 4.99 Å². The van der Waals surface area contributed by atoms with Gasteiger partial charge < -0.3 is 20.3 Å². The molecule has 1 aromatic heterocycles. The number of fused-ring (bicyclic) bond motifs is 4. The van der Waals surface area contributed by atoms with Crippen molar-refractivity contribution in [2.45, 2.75) is 43.2 Å². The van der Waals surface area contributed by atoms with Crippen LogP contribution >= 0.6 is 0 Å². The van der Waals surface area contributed by atoms with Crippen LogP contribution in [0.4, 0.5) is 13.2 Å². The second-order valence-electron chi connectivity index (χ2n) is 8.06. The van der Waals surface area contributed by atoms with Crippen LogP contribution in [0.1, 0.15) is 30.4 Å². The fourth-order valence-corrected chi connectivity index (χ4v) is 4.80. The maximum Gasteiger partial charge on any atom is 0.417 e. The minimum Gasteiger partial charge on any atom is -0.490 e. The smallest absolute Gasteiger partial charge is 0.417 e. The summed E-state index contributed by atoms with van der Waals surface area (Å²) in [6, 6.07) is 6.37. The summed E-state index contributed by atoms with van der Waals surface area (Å²) in [6.45, 7) is 0.202. The van der Waals surface area contributed by atoms with Crippen LogP contribution in [0.2, 0.25) is 0 Å². The number of hydrogen-bond acceptors (Lipinski definition) is 6. The monoisotopic (exact) mass is 419 g/mol. The van der Waals surface area contributed by atoms with Crippen LogP contribution in [-0.4, -0.2) is 34.9 Å². The number of halogens is 3. The SMILES string of the molecule is NC1=NC2(CO1)c1cc(-c3cncc(C(F)(F)F)c3)ccc1OC1CC[C@H](O)C[C@@H]12. The summed E-state index contributed by atoms with van der Waals surface area (Å²) in [7, 11) is 0. The molecule has 1 fully saturated rings. The highest BCUT2D eigenvalue weighted by atomic mass is 19.4. The Morgan fingerprint density at radius 1 is 1.13 bits per heavy atom. The number of aliphatic hydroxyl groups excluding tert-OH is 1. The molecule has 5 rings (SSSR count). The van der Waals surface area contributed by atoms with Crippen molar-refractivity contribution >= 4 is 6.02 Å². The highest BCUT2D eigenvalue weighted by molar-refractivity contribution is 5.75. The lowest BCUT2D eigenvalue weighted by Gasteiger charge is -2.47. The molecule has 6 nitrogen and oxygen atoms in total. The van der Waals surface area contributed by atoms with Gasteiger partial charge in [0.05, 0.1) is 11.7 Å². The lowest BCUT2D eigenvalue weighted by Crippen LogP contribution is -2.51. The Labute approximate surface area is 170 Å². The van der Waals surface area contributed by atoms with E-state index in [0.717, 1.165) is 12.3 Å². The second kappa shape index (κ2) is 6.60. The van der Waals surface area contributed by atoms with Gasteiger partial charge in [-0.05, 0) is 43.0 Å². The average Bonchev–Trinajstić information content (AvgIpc) is 3.11. The minimum absolute atomic E-state index is 0.0628. The van der Waals surface area contributed by atoms with Gasteiger partial charge in [-0.1, -0.05) is 6.07 Å². The van der Waals surface area contributed by atoms with E-state index in [9.17, 15) is 18.3 Å². The van der Waals surface area contributed by atoms with Crippen LogP contribution < -0.4 is 10.5 Å². The van der Waals surface area contributed by atoms with Crippen molar-refractivity contribution in [1.29, 1.82) is 0 Å². The first-order valence-electron chi connectivity index (χ1n) is 9.76. The molecule has 3 heterocycles. The van der Waals surface area contributed by atoms with Gasteiger partial charge in [0.1, 0.15) is 24.0 Å². The van der Waals surface area contributed by atoms with E-state index in [2.05, 4.69) is 9.98 Å². The summed E-state index contributed by atoms with van der Waals surface area (Å²) < 4.78 is 51.1. The largest absolute Gasteiger partial charge is 0.490 e. The number of alkyl halides is 3. The molecule has 0 amide bonds. The zero-order valence-electron chi connectivity index (χ0n) is 15.9. The number of nitrogens with zero attached hydrogens (tertiary/aromatic N) is 2. The average molecular weight is 419 g/mol. The molecular formula is C21H20F3N3O3. The van der Waals surface area contributed by atoms with Crippen LogP contribution in [0.15, 0.2) is 41.7 Å². The normalized spacial score (nSPS) is 30.1. The Hall–Kier alpha value is -2.81. The number of benzene rings is 1. The Balaban J connectivity index is 1.63. The molecule has 3 aliphatic rings. The molecular weight excluding hydrogens is 399 g/mol. The van der Waals surface area contributed by atoms with Gasteiger partial charge in [-0.2, -0.15) is 13.2 Å². The zero-order chi connectivity index (χ0) is 21.1. The quantitative estimate of drug-likeness (QED) is 0.741. The molecule has 0 bridgehead atoms. The second-order valence-corrected chi connectivity index (χ2v) is 8.06. The van der Waals surface area contributed by atoms with Gasteiger partial charge in [-0.15, -0.1) is 0 Å². The highest BCUT2D eigenvalue weighted by Crippen LogP contribution is 2.53.